The van der Waals surface area contributed by atoms with Gasteiger partial charge in [-0.1, -0.05) is 52.6 Å². The lowest BCUT2D eigenvalue weighted by atomic mass is 10.0. The van der Waals surface area contributed by atoms with E-state index in [1.807, 2.05) is 0 Å². The largest absolute Gasteiger partial charge is 0.473 e. The van der Waals surface area contributed by atoms with Gasteiger partial charge in [0.2, 0.25) is 5.88 Å². The van der Waals surface area contributed by atoms with Crippen molar-refractivity contribution in [2.24, 2.45) is 0 Å². The van der Waals surface area contributed by atoms with E-state index < -0.39 is 23.8 Å². The van der Waals surface area contributed by atoms with Crippen LogP contribution in [-0.2, 0) is 17.5 Å². The van der Waals surface area contributed by atoms with Gasteiger partial charge >= 0.3 is 12.1 Å². The minimum absolute atomic E-state index is 0.0884. The molecule has 2 aliphatic carbocycles. The third-order valence-corrected chi connectivity index (χ3v) is 8.06. The van der Waals surface area contributed by atoms with Crippen molar-refractivity contribution in [3.8, 4) is 17.1 Å². The fourth-order valence-corrected chi connectivity index (χ4v) is 5.75. The molecule has 4 aromatic rings. The molecule has 2 fully saturated rings. The number of carbonyl (C=O) groups is 1. The minimum atomic E-state index is -4.69. The quantitative estimate of drug-likeness (QED) is 0.188. The number of benzene rings is 2. The third-order valence-electron chi connectivity index (χ3n) is 7.43. The Morgan fingerprint density at radius 3 is 2.46 bits per heavy atom. The Kier molecular flexibility index (Phi) is 7.20. The van der Waals surface area contributed by atoms with Gasteiger partial charge in [0.25, 0.3) is 0 Å². The Hall–Kier alpha value is -3.56. The van der Waals surface area contributed by atoms with E-state index in [9.17, 15) is 18.0 Å². The number of ether oxygens (including phenoxy) is 2. The zero-order valence-electron chi connectivity index (χ0n) is 21.7. The van der Waals surface area contributed by atoms with Crippen LogP contribution < -0.4 is 4.74 Å². The van der Waals surface area contributed by atoms with Crippen LogP contribution in [0.15, 0.2) is 59.1 Å². The third kappa shape index (κ3) is 5.53. The number of esters is 1. The first-order valence-corrected chi connectivity index (χ1v) is 13.7. The van der Waals surface area contributed by atoms with Gasteiger partial charge in [-0.05, 0) is 66.5 Å². The molecule has 2 saturated carbocycles. The second-order valence-electron chi connectivity index (χ2n) is 10.2. The number of rotatable bonds is 8. The highest BCUT2D eigenvalue weighted by Crippen LogP contribution is 2.57. The molecule has 2 atom stereocenters. The van der Waals surface area contributed by atoms with Crippen molar-refractivity contribution in [3.05, 3.63) is 98.4 Å². The van der Waals surface area contributed by atoms with Crippen LogP contribution in [0.5, 0.6) is 5.88 Å². The summed E-state index contributed by atoms with van der Waals surface area (Å²) in [5.41, 5.74) is 1.67. The Morgan fingerprint density at radius 2 is 1.78 bits per heavy atom. The Balaban J connectivity index is 1.27. The van der Waals surface area contributed by atoms with Crippen molar-refractivity contribution in [2.75, 3.05) is 7.11 Å². The zero-order chi connectivity index (χ0) is 28.9. The molecule has 0 spiro atoms. The van der Waals surface area contributed by atoms with Crippen molar-refractivity contribution < 1.29 is 32.0 Å². The van der Waals surface area contributed by atoms with E-state index in [2.05, 4.69) is 10.1 Å². The van der Waals surface area contributed by atoms with Gasteiger partial charge in [0, 0.05) is 17.5 Å². The van der Waals surface area contributed by atoms with Gasteiger partial charge < -0.3 is 14.0 Å². The van der Waals surface area contributed by atoms with Crippen LogP contribution in [0, 0.1) is 0 Å². The van der Waals surface area contributed by atoms with E-state index in [1.54, 1.807) is 42.5 Å². The molecule has 2 heterocycles. The van der Waals surface area contributed by atoms with E-state index in [-0.39, 0.29) is 29.9 Å². The first-order chi connectivity index (χ1) is 19.7. The molecular formula is C30H23Cl2F3N2O4. The first kappa shape index (κ1) is 27.6. The fraction of sp³-hybridized carbons (Fsp3) is 0.300. The maximum Gasteiger partial charge on any atom is 0.433 e. The summed E-state index contributed by atoms with van der Waals surface area (Å²) in [4.78, 5) is 15.8. The maximum absolute atomic E-state index is 14.2. The van der Waals surface area contributed by atoms with Crippen LogP contribution >= 0.6 is 23.2 Å². The number of alkyl halides is 3. The van der Waals surface area contributed by atoms with Crippen LogP contribution in [-0.4, -0.2) is 23.2 Å². The van der Waals surface area contributed by atoms with E-state index >= 15 is 0 Å². The topological polar surface area (TPSA) is 74.5 Å². The SMILES string of the molecule is COC(=O)c1cccc(C2CC2c2ccc(OCc3c(-c4c(Cl)cccc4Cl)noc3C3CC3)nc2C(F)(F)F)c1. The highest BCUT2D eigenvalue weighted by atomic mass is 35.5. The van der Waals surface area contributed by atoms with Crippen LogP contribution in [0.3, 0.4) is 0 Å². The molecule has 0 N–H and O–H groups in total. The lowest BCUT2D eigenvalue weighted by molar-refractivity contribution is -0.142. The molecule has 0 bridgehead atoms. The number of pyridine rings is 1. The summed E-state index contributed by atoms with van der Waals surface area (Å²) in [5.74, 6) is -0.476. The summed E-state index contributed by atoms with van der Waals surface area (Å²) >= 11 is 12.8. The predicted molar refractivity (Wildman–Crippen MR) is 145 cm³/mol. The average molecular weight is 603 g/mol. The second kappa shape index (κ2) is 10.7. The molecule has 2 aliphatic rings. The van der Waals surface area contributed by atoms with Gasteiger partial charge in [0.1, 0.15) is 18.1 Å². The first-order valence-electron chi connectivity index (χ1n) is 13.0. The molecule has 6 nitrogen and oxygen atoms in total. The number of hydrogen-bond donors (Lipinski definition) is 0. The number of aromatic nitrogens is 2. The van der Waals surface area contributed by atoms with Gasteiger partial charge in [-0.15, -0.1) is 0 Å². The van der Waals surface area contributed by atoms with Crippen molar-refractivity contribution in [2.45, 2.75) is 49.8 Å². The zero-order valence-corrected chi connectivity index (χ0v) is 23.2. The van der Waals surface area contributed by atoms with Crippen LogP contribution in [0.1, 0.15) is 75.5 Å². The van der Waals surface area contributed by atoms with Gasteiger partial charge in [-0.25, -0.2) is 9.78 Å². The monoisotopic (exact) mass is 602 g/mol. The van der Waals surface area contributed by atoms with Gasteiger partial charge in [-0.3, -0.25) is 0 Å². The lowest BCUT2D eigenvalue weighted by Crippen LogP contribution is -2.13. The van der Waals surface area contributed by atoms with Crippen molar-refractivity contribution >= 4 is 29.2 Å². The van der Waals surface area contributed by atoms with Crippen LogP contribution in [0.25, 0.3) is 11.3 Å². The number of hydrogen-bond acceptors (Lipinski definition) is 6. The normalized spacial score (nSPS) is 18.3. The maximum atomic E-state index is 14.2. The molecule has 2 unspecified atom stereocenters. The van der Waals surface area contributed by atoms with E-state index in [1.165, 1.54) is 19.2 Å². The molecule has 0 saturated heterocycles. The lowest BCUT2D eigenvalue weighted by Gasteiger charge is -2.15. The Bertz CT molecular complexity index is 1610. The fourth-order valence-electron chi connectivity index (χ4n) is 5.17. The molecule has 0 radical (unpaired) electrons. The standard InChI is InChI=1S/C30H23Cl2F3N2O4/c1-39-29(38)17-5-2-4-16(12-17)19-13-20(19)18-10-11-24(36-28(18)30(33,34)35)40-14-21-26(37-41-27(21)15-8-9-15)25-22(31)6-3-7-23(25)32/h2-7,10-12,15,19-20H,8-9,13-14H2,1H3. The van der Waals surface area contributed by atoms with Crippen LogP contribution in [0.2, 0.25) is 10.0 Å². The average Bonchev–Trinajstić information content (AvgIpc) is 3.89. The number of nitrogens with zero attached hydrogens (tertiary/aromatic N) is 2. The molecular weight excluding hydrogens is 580 g/mol. The van der Waals surface area contributed by atoms with Gasteiger partial charge in [-0.2, -0.15) is 13.2 Å². The van der Waals surface area contributed by atoms with Crippen molar-refractivity contribution in [3.63, 3.8) is 0 Å². The summed E-state index contributed by atoms with van der Waals surface area (Å²) in [7, 11) is 1.28. The number of halogens is 5. The van der Waals surface area contributed by atoms with E-state index in [4.69, 9.17) is 37.2 Å². The smallest absolute Gasteiger partial charge is 0.433 e. The molecule has 2 aromatic heterocycles. The summed E-state index contributed by atoms with van der Waals surface area (Å²) in [6.07, 6.45) is -2.37. The molecule has 6 rings (SSSR count). The summed E-state index contributed by atoms with van der Waals surface area (Å²) in [5, 5.41) is 4.93. The van der Waals surface area contributed by atoms with Gasteiger partial charge in [0.15, 0.2) is 5.69 Å². The number of methoxy groups -OCH3 is 1. The van der Waals surface area contributed by atoms with Crippen molar-refractivity contribution in [1.82, 2.24) is 10.1 Å². The summed E-state index contributed by atoms with van der Waals surface area (Å²) in [6.45, 7) is -0.123. The minimum Gasteiger partial charge on any atom is -0.473 e. The van der Waals surface area contributed by atoms with Gasteiger partial charge in [0.05, 0.1) is 28.3 Å². The molecule has 2 aromatic carbocycles. The molecule has 0 amide bonds. The molecule has 41 heavy (non-hydrogen) atoms. The van der Waals surface area contributed by atoms with Crippen molar-refractivity contribution in [1.29, 1.82) is 0 Å². The Morgan fingerprint density at radius 1 is 1.05 bits per heavy atom. The highest BCUT2D eigenvalue weighted by molar-refractivity contribution is 6.39. The Labute approximate surface area is 243 Å². The highest BCUT2D eigenvalue weighted by Gasteiger charge is 2.46. The van der Waals surface area contributed by atoms with Crippen LogP contribution in [0.4, 0.5) is 13.2 Å². The summed E-state index contributed by atoms with van der Waals surface area (Å²) < 4.78 is 58.8. The molecule has 0 aliphatic heterocycles. The molecule has 11 heteroatoms. The predicted octanol–water partition coefficient (Wildman–Crippen LogP) is 8.58. The van der Waals surface area contributed by atoms with E-state index in [0.29, 0.717) is 44.6 Å². The molecule has 212 valence electrons. The van der Waals surface area contributed by atoms with E-state index in [0.717, 1.165) is 18.4 Å². The summed E-state index contributed by atoms with van der Waals surface area (Å²) in [6, 6.07) is 14.7. The second-order valence-corrected chi connectivity index (χ2v) is 11.0. The number of carbonyl (C=O) groups excluding carboxylic acids is 1.